The van der Waals surface area contributed by atoms with Crippen LogP contribution in [0.4, 0.5) is 0 Å². The summed E-state index contributed by atoms with van der Waals surface area (Å²) in [5.41, 5.74) is 0.268. The van der Waals surface area contributed by atoms with E-state index in [-0.39, 0.29) is 26.6 Å². The predicted octanol–water partition coefficient (Wildman–Crippen LogP) is 1.28. The molecule has 0 N–H and O–H groups in total. The summed E-state index contributed by atoms with van der Waals surface area (Å²) in [7, 11) is 0. The fourth-order valence-electron chi connectivity index (χ4n) is 1.09. The Hall–Kier alpha value is 0.608. The summed E-state index contributed by atoms with van der Waals surface area (Å²) in [5, 5.41) is 0. The van der Waals surface area contributed by atoms with Crippen molar-refractivity contribution in [2.24, 2.45) is 0 Å². The summed E-state index contributed by atoms with van der Waals surface area (Å²) in [4.78, 5) is 2.33. The van der Waals surface area contributed by atoms with E-state index in [1.165, 1.54) is 0 Å². The molecule has 0 aromatic rings. The maximum Gasteiger partial charge on any atom is 0.0534 e. The molecule has 1 rings (SSSR count). The molecule has 1 heterocycles. The van der Waals surface area contributed by atoms with Crippen molar-refractivity contribution in [2.75, 3.05) is 19.8 Å². The van der Waals surface area contributed by atoms with Gasteiger partial charge in [-0.15, -0.1) is 0 Å². The van der Waals surface area contributed by atoms with Gasteiger partial charge in [0.1, 0.15) is 0 Å². The van der Waals surface area contributed by atoms with Crippen molar-refractivity contribution in [3.05, 3.63) is 6.54 Å². The largest absolute Gasteiger partial charge is 0.448 e. The van der Waals surface area contributed by atoms with Gasteiger partial charge in [-0.1, -0.05) is 6.61 Å². The second-order valence-corrected chi connectivity index (χ2v) is 3.62. The zero-order valence-electron chi connectivity index (χ0n) is 7.46. The van der Waals surface area contributed by atoms with Crippen LogP contribution in [0.5, 0.6) is 0 Å². The average Bonchev–Trinajstić information content (AvgIpc) is 1.88. The number of ether oxygens (including phenoxy) is 1. The van der Waals surface area contributed by atoms with E-state index in [1.807, 2.05) is 0 Å². The number of hydrogen-bond acceptors (Lipinski definition) is 2. The zero-order valence-corrected chi connectivity index (χ0v) is 10.4. The van der Waals surface area contributed by atoms with Crippen molar-refractivity contribution in [1.29, 1.82) is 0 Å². The third-order valence-electron chi connectivity index (χ3n) is 1.75. The van der Waals surface area contributed by atoms with Crippen molar-refractivity contribution in [1.82, 2.24) is 4.90 Å². The summed E-state index contributed by atoms with van der Waals surface area (Å²) in [6.07, 6.45) is 0. The van der Waals surface area contributed by atoms with Crippen molar-refractivity contribution >= 4 is 0 Å². The van der Waals surface area contributed by atoms with Crippen LogP contribution >= 0.6 is 0 Å². The Balaban J connectivity index is 0.000001000. The first-order valence-electron chi connectivity index (χ1n) is 3.78. The molecular formula is C8H16NOW-. The molecule has 0 saturated carbocycles. The van der Waals surface area contributed by atoms with Crippen molar-refractivity contribution in [3.63, 3.8) is 0 Å². The minimum absolute atomic E-state index is 0. The Morgan fingerprint density at radius 1 is 1.36 bits per heavy atom. The van der Waals surface area contributed by atoms with Gasteiger partial charge in [0, 0.05) is 21.1 Å². The first kappa shape index (κ1) is 11.6. The van der Waals surface area contributed by atoms with Crippen LogP contribution in [0.3, 0.4) is 0 Å². The number of hydrogen-bond donors (Lipinski definition) is 0. The Bertz CT molecular complexity index is 105. The minimum atomic E-state index is 0. The van der Waals surface area contributed by atoms with Gasteiger partial charge in [-0.05, 0) is 32.9 Å². The van der Waals surface area contributed by atoms with E-state index in [0.717, 1.165) is 19.8 Å². The van der Waals surface area contributed by atoms with Crippen molar-refractivity contribution in [2.45, 2.75) is 26.3 Å². The smallest absolute Gasteiger partial charge is 0.0534 e. The van der Waals surface area contributed by atoms with Gasteiger partial charge in [0.2, 0.25) is 0 Å². The van der Waals surface area contributed by atoms with Gasteiger partial charge in [-0.2, -0.15) is 0 Å². The van der Waals surface area contributed by atoms with Crippen LogP contribution in [0.2, 0.25) is 0 Å². The molecule has 0 spiro atoms. The van der Waals surface area contributed by atoms with Gasteiger partial charge in [-0.3, -0.25) is 0 Å². The van der Waals surface area contributed by atoms with Crippen LogP contribution in [-0.4, -0.2) is 30.2 Å². The summed E-state index contributed by atoms with van der Waals surface area (Å²) < 4.78 is 5.20. The summed E-state index contributed by atoms with van der Waals surface area (Å²) in [6, 6.07) is 0. The molecule has 1 fully saturated rings. The van der Waals surface area contributed by atoms with Crippen molar-refractivity contribution in [3.8, 4) is 0 Å². The molecule has 0 unspecified atom stereocenters. The molecule has 0 atom stereocenters. The van der Waals surface area contributed by atoms with E-state index in [1.54, 1.807) is 0 Å². The monoisotopic (exact) mass is 326 g/mol. The number of rotatable bonds is 0. The second kappa shape index (κ2) is 4.59. The fourth-order valence-corrected chi connectivity index (χ4v) is 1.09. The van der Waals surface area contributed by atoms with Crippen molar-refractivity contribution < 1.29 is 25.8 Å². The van der Waals surface area contributed by atoms with Gasteiger partial charge in [0.05, 0.1) is 6.61 Å². The molecule has 66 valence electrons. The van der Waals surface area contributed by atoms with Crippen LogP contribution in [0.15, 0.2) is 0 Å². The maximum atomic E-state index is 5.20. The fraction of sp³-hybridized carbons (Fsp3) is 0.875. The predicted molar refractivity (Wildman–Crippen MR) is 41.6 cm³/mol. The molecule has 1 aliphatic rings. The Morgan fingerprint density at radius 2 is 2.00 bits per heavy atom. The van der Waals surface area contributed by atoms with Crippen LogP contribution in [-0.2, 0) is 25.8 Å². The zero-order chi connectivity index (χ0) is 7.61. The first-order valence-corrected chi connectivity index (χ1v) is 3.78. The van der Waals surface area contributed by atoms with Gasteiger partial charge in [0.15, 0.2) is 0 Å². The Morgan fingerprint density at radius 3 is 2.27 bits per heavy atom. The van der Waals surface area contributed by atoms with E-state index in [9.17, 15) is 0 Å². The third kappa shape index (κ3) is 3.68. The van der Waals surface area contributed by atoms with E-state index >= 15 is 0 Å². The molecule has 2 nitrogen and oxygen atoms in total. The SMILES string of the molecule is CC(C)(C)N1[CH-]COCC1.[W]. The summed E-state index contributed by atoms with van der Waals surface area (Å²) >= 11 is 0. The van der Waals surface area contributed by atoms with Gasteiger partial charge < -0.3 is 9.64 Å². The van der Waals surface area contributed by atoms with E-state index < -0.39 is 0 Å². The topological polar surface area (TPSA) is 12.5 Å². The number of morpholine rings is 1. The quantitative estimate of drug-likeness (QED) is 0.622. The molecule has 0 bridgehead atoms. The standard InChI is InChI=1S/C8H16NO.W/c1-8(2,3)9-4-6-10-7-5-9;/h4H,5-7H2,1-3H3;/q-1;. The van der Waals surface area contributed by atoms with Crippen LogP contribution < -0.4 is 0 Å². The van der Waals surface area contributed by atoms with Crippen LogP contribution in [0.1, 0.15) is 20.8 Å². The summed E-state index contributed by atoms with van der Waals surface area (Å²) in [6.45, 7) is 11.5. The normalized spacial score (nSPS) is 21.0. The molecule has 0 aromatic heterocycles. The van der Waals surface area contributed by atoms with Gasteiger partial charge in [-0.25, -0.2) is 6.54 Å². The molecule has 0 aliphatic carbocycles. The third-order valence-corrected chi connectivity index (χ3v) is 1.75. The Labute approximate surface area is 83.5 Å². The summed E-state index contributed by atoms with van der Waals surface area (Å²) in [5.74, 6) is 0. The van der Waals surface area contributed by atoms with E-state index in [2.05, 4.69) is 32.2 Å². The van der Waals surface area contributed by atoms with E-state index in [0.29, 0.717) is 0 Å². The van der Waals surface area contributed by atoms with Crippen LogP contribution in [0.25, 0.3) is 0 Å². The molecular weight excluding hydrogens is 310 g/mol. The second-order valence-electron chi connectivity index (χ2n) is 3.62. The molecule has 11 heavy (non-hydrogen) atoms. The number of nitrogens with zero attached hydrogens (tertiary/aromatic N) is 1. The molecule has 1 saturated heterocycles. The van der Waals surface area contributed by atoms with Crippen LogP contribution in [0, 0.1) is 6.54 Å². The minimum Gasteiger partial charge on any atom is -0.448 e. The van der Waals surface area contributed by atoms with Gasteiger partial charge in [0.25, 0.3) is 0 Å². The molecule has 0 aromatic carbocycles. The molecule has 0 amide bonds. The van der Waals surface area contributed by atoms with E-state index in [4.69, 9.17) is 4.74 Å². The Kier molecular flexibility index (Phi) is 4.84. The molecule has 0 radical (unpaired) electrons. The van der Waals surface area contributed by atoms with Gasteiger partial charge >= 0.3 is 0 Å². The average molecular weight is 326 g/mol. The molecule has 3 heteroatoms. The molecule has 1 aliphatic heterocycles. The first-order chi connectivity index (χ1) is 4.61. The maximum absolute atomic E-state index is 5.20.